The molecule has 3 heteroatoms. The number of hydrogen-bond acceptors (Lipinski definition) is 2. The number of hydrogen-bond donors (Lipinski definition) is 1. The molecule has 17 heavy (non-hydrogen) atoms. The van der Waals surface area contributed by atoms with Crippen molar-refractivity contribution in [2.24, 2.45) is 5.73 Å². The quantitative estimate of drug-likeness (QED) is 0.725. The molecule has 0 spiro atoms. The van der Waals surface area contributed by atoms with Gasteiger partial charge in [0.05, 0.1) is 18.3 Å². The molecule has 2 aromatic heterocycles. The summed E-state index contributed by atoms with van der Waals surface area (Å²) in [5.41, 5.74) is 9.11. The molecule has 0 saturated carbocycles. The first kappa shape index (κ1) is 10.1. The Hall–Kier alpha value is -2.13. The number of aromatic nitrogens is 2. The van der Waals surface area contributed by atoms with Gasteiger partial charge in [-0.2, -0.15) is 0 Å². The van der Waals surface area contributed by atoms with Crippen LogP contribution in [0, 0.1) is 0 Å². The molecule has 0 aliphatic rings. The molecule has 3 nitrogen and oxygen atoms in total. The fourth-order valence-electron chi connectivity index (χ4n) is 2.02. The molecule has 0 saturated heterocycles. The van der Waals surface area contributed by atoms with Gasteiger partial charge in [0.15, 0.2) is 0 Å². The van der Waals surface area contributed by atoms with Gasteiger partial charge in [-0.3, -0.25) is 0 Å². The third kappa shape index (κ3) is 1.70. The number of rotatable bonds is 2. The maximum atomic E-state index is 5.63. The van der Waals surface area contributed by atoms with Crippen LogP contribution in [0.4, 0.5) is 0 Å². The van der Waals surface area contributed by atoms with E-state index in [1.165, 1.54) is 11.1 Å². The van der Waals surface area contributed by atoms with Crippen LogP contribution in [0.3, 0.4) is 0 Å². The second-order valence-corrected chi connectivity index (χ2v) is 3.95. The Morgan fingerprint density at radius 1 is 1.06 bits per heavy atom. The summed E-state index contributed by atoms with van der Waals surface area (Å²) in [5, 5.41) is 0. The van der Waals surface area contributed by atoms with Gasteiger partial charge in [0.2, 0.25) is 0 Å². The molecule has 3 rings (SSSR count). The van der Waals surface area contributed by atoms with Crippen molar-refractivity contribution in [2.75, 3.05) is 0 Å². The van der Waals surface area contributed by atoms with Crippen molar-refractivity contribution in [1.82, 2.24) is 9.38 Å². The van der Waals surface area contributed by atoms with Crippen LogP contribution in [-0.4, -0.2) is 9.38 Å². The molecule has 3 aromatic rings. The first-order valence-corrected chi connectivity index (χ1v) is 5.60. The van der Waals surface area contributed by atoms with E-state index in [0.717, 1.165) is 11.3 Å². The highest BCUT2D eigenvalue weighted by Crippen LogP contribution is 2.21. The topological polar surface area (TPSA) is 43.3 Å². The lowest BCUT2D eigenvalue weighted by Crippen LogP contribution is -2.02. The van der Waals surface area contributed by atoms with Gasteiger partial charge in [-0.25, -0.2) is 4.98 Å². The van der Waals surface area contributed by atoms with Crippen molar-refractivity contribution in [3.8, 4) is 11.1 Å². The molecule has 0 unspecified atom stereocenters. The summed E-state index contributed by atoms with van der Waals surface area (Å²) in [6, 6.07) is 14.5. The summed E-state index contributed by atoms with van der Waals surface area (Å²) in [6.07, 6.45) is 3.88. The van der Waals surface area contributed by atoms with Gasteiger partial charge in [0, 0.05) is 6.20 Å². The minimum absolute atomic E-state index is 0.457. The molecule has 84 valence electrons. The lowest BCUT2D eigenvalue weighted by Gasteiger charge is -2.03. The van der Waals surface area contributed by atoms with Crippen LogP contribution < -0.4 is 5.73 Å². The highest BCUT2D eigenvalue weighted by molar-refractivity contribution is 5.68. The van der Waals surface area contributed by atoms with E-state index in [2.05, 4.69) is 29.2 Å². The molecule has 0 aliphatic heterocycles. The van der Waals surface area contributed by atoms with Crippen LogP contribution in [0.15, 0.2) is 54.9 Å². The normalized spacial score (nSPS) is 10.9. The number of fused-ring (bicyclic) bond motifs is 1. The Labute approximate surface area is 99.5 Å². The summed E-state index contributed by atoms with van der Waals surface area (Å²) < 4.78 is 2.02. The highest BCUT2D eigenvalue weighted by Gasteiger charge is 2.03. The summed E-state index contributed by atoms with van der Waals surface area (Å²) >= 11 is 0. The van der Waals surface area contributed by atoms with Crippen molar-refractivity contribution in [3.05, 3.63) is 60.7 Å². The average molecular weight is 223 g/mol. The molecule has 2 N–H and O–H groups in total. The van der Waals surface area contributed by atoms with E-state index < -0.39 is 0 Å². The number of benzene rings is 1. The molecule has 0 atom stereocenters. The fourth-order valence-corrected chi connectivity index (χ4v) is 2.02. The minimum atomic E-state index is 0.457. The molecular weight excluding hydrogens is 210 g/mol. The zero-order valence-electron chi connectivity index (χ0n) is 9.38. The molecule has 2 heterocycles. The van der Waals surface area contributed by atoms with Crippen LogP contribution >= 0.6 is 0 Å². The van der Waals surface area contributed by atoms with Crippen molar-refractivity contribution in [1.29, 1.82) is 0 Å². The SMILES string of the molecule is NCc1ncc2cc(-c3ccccc3)ccn12. The molecule has 0 amide bonds. The van der Waals surface area contributed by atoms with E-state index in [1.807, 2.05) is 35.0 Å². The van der Waals surface area contributed by atoms with E-state index in [0.29, 0.717) is 6.54 Å². The van der Waals surface area contributed by atoms with E-state index in [1.54, 1.807) is 0 Å². The molecule has 1 aromatic carbocycles. The summed E-state index contributed by atoms with van der Waals surface area (Å²) in [5.74, 6) is 0.889. The van der Waals surface area contributed by atoms with Crippen molar-refractivity contribution >= 4 is 5.52 Å². The van der Waals surface area contributed by atoms with Crippen LogP contribution in [0.5, 0.6) is 0 Å². The number of imidazole rings is 1. The van der Waals surface area contributed by atoms with Crippen LogP contribution in [0.1, 0.15) is 5.82 Å². The van der Waals surface area contributed by atoms with Gasteiger partial charge in [-0.1, -0.05) is 30.3 Å². The maximum absolute atomic E-state index is 5.63. The molecule has 0 aliphatic carbocycles. The molecule has 0 bridgehead atoms. The van der Waals surface area contributed by atoms with E-state index in [-0.39, 0.29) is 0 Å². The number of nitrogens with zero attached hydrogens (tertiary/aromatic N) is 2. The number of pyridine rings is 1. The van der Waals surface area contributed by atoms with Crippen molar-refractivity contribution < 1.29 is 0 Å². The zero-order valence-corrected chi connectivity index (χ0v) is 9.38. The Morgan fingerprint density at radius 2 is 1.88 bits per heavy atom. The predicted octanol–water partition coefficient (Wildman–Crippen LogP) is 2.46. The Balaban J connectivity index is 2.15. The van der Waals surface area contributed by atoms with Gasteiger partial charge >= 0.3 is 0 Å². The van der Waals surface area contributed by atoms with Crippen LogP contribution in [-0.2, 0) is 6.54 Å². The van der Waals surface area contributed by atoms with Crippen molar-refractivity contribution in [2.45, 2.75) is 6.54 Å². The molecule has 0 radical (unpaired) electrons. The minimum Gasteiger partial charge on any atom is -0.324 e. The predicted molar refractivity (Wildman–Crippen MR) is 68.5 cm³/mol. The largest absolute Gasteiger partial charge is 0.324 e. The van der Waals surface area contributed by atoms with Gasteiger partial charge < -0.3 is 10.1 Å². The summed E-state index contributed by atoms with van der Waals surface area (Å²) in [4.78, 5) is 4.29. The molecular formula is C14H13N3. The second-order valence-electron chi connectivity index (χ2n) is 3.95. The average Bonchev–Trinajstić information content (AvgIpc) is 2.81. The lowest BCUT2D eigenvalue weighted by molar-refractivity contribution is 0.904. The Morgan fingerprint density at radius 3 is 2.65 bits per heavy atom. The fraction of sp³-hybridized carbons (Fsp3) is 0.0714. The summed E-state index contributed by atoms with van der Waals surface area (Å²) in [6.45, 7) is 0.457. The maximum Gasteiger partial charge on any atom is 0.127 e. The summed E-state index contributed by atoms with van der Waals surface area (Å²) in [7, 11) is 0. The highest BCUT2D eigenvalue weighted by atomic mass is 15.0. The lowest BCUT2D eigenvalue weighted by atomic mass is 10.1. The van der Waals surface area contributed by atoms with Crippen LogP contribution in [0.25, 0.3) is 16.6 Å². The van der Waals surface area contributed by atoms with E-state index in [4.69, 9.17) is 5.73 Å². The van der Waals surface area contributed by atoms with Gasteiger partial charge in [0.25, 0.3) is 0 Å². The molecule has 0 fully saturated rings. The van der Waals surface area contributed by atoms with E-state index in [9.17, 15) is 0 Å². The third-order valence-corrected chi connectivity index (χ3v) is 2.90. The van der Waals surface area contributed by atoms with Gasteiger partial charge in [-0.05, 0) is 23.3 Å². The number of nitrogens with two attached hydrogens (primary N) is 1. The standard InChI is InChI=1S/C14H13N3/c15-9-14-16-10-13-8-12(6-7-17(13)14)11-4-2-1-3-5-11/h1-8,10H,9,15H2. The van der Waals surface area contributed by atoms with E-state index >= 15 is 0 Å². The Bertz CT molecular complexity index is 641. The monoisotopic (exact) mass is 223 g/mol. The first-order chi connectivity index (χ1) is 8.38. The van der Waals surface area contributed by atoms with Gasteiger partial charge in [-0.15, -0.1) is 0 Å². The smallest absolute Gasteiger partial charge is 0.127 e. The zero-order chi connectivity index (χ0) is 11.7. The van der Waals surface area contributed by atoms with Crippen molar-refractivity contribution in [3.63, 3.8) is 0 Å². The van der Waals surface area contributed by atoms with Gasteiger partial charge in [0.1, 0.15) is 5.82 Å². The van der Waals surface area contributed by atoms with Crippen LogP contribution in [0.2, 0.25) is 0 Å². The first-order valence-electron chi connectivity index (χ1n) is 5.60. The Kier molecular flexibility index (Phi) is 2.38. The third-order valence-electron chi connectivity index (χ3n) is 2.90. The second kappa shape index (κ2) is 4.03.